The van der Waals surface area contributed by atoms with Crippen LogP contribution in [0.4, 0.5) is 4.39 Å². The SMILES string of the molecule is CCC1(C(=O)O)CCN(C(=O)c2cc(Br)ccc2F)C1. The van der Waals surface area contributed by atoms with Crippen molar-refractivity contribution in [3.8, 4) is 0 Å². The standard InChI is InChI=1S/C14H15BrFNO3/c1-2-14(13(19)20)5-6-17(8-14)12(18)10-7-9(15)3-4-11(10)16/h3-4,7H,2,5-6,8H2,1H3,(H,19,20). The molecule has 2 rings (SSSR count). The van der Waals surface area contributed by atoms with E-state index in [0.717, 1.165) is 0 Å². The van der Waals surface area contributed by atoms with E-state index in [-0.39, 0.29) is 12.1 Å². The molecule has 0 aromatic heterocycles. The fraction of sp³-hybridized carbons (Fsp3) is 0.429. The van der Waals surface area contributed by atoms with E-state index < -0.39 is 23.1 Å². The Labute approximate surface area is 124 Å². The second-order valence-electron chi connectivity index (χ2n) is 5.04. The van der Waals surface area contributed by atoms with Crippen molar-refractivity contribution in [2.24, 2.45) is 5.41 Å². The fourth-order valence-electron chi connectivity index (χ4n) is 2.49. The first-order valence-corrected chi connectivity index (χ1v) is 7.16. The van der Waals surface area contributed by atoms with Crippen LogP contribution >= 0.6 is 15.9 Å². The number of halogens is 2. The van der Waals surface area contributed by atoms with Crippen molar-refractivity contribution in [2.45, 2.75) is 19.8 Å². The normalized spacial score (nSPS) is 22.1. The van der Waals surface area contributed by atoms with Gasteiger partial charge in [-0.15, -0.1) is 0 Å². The average Bonchev–Trinajstić information content (AvgIpc) is 2.86. The minimum absolute atomic E-state index is 0.0309. The van der Waals surface area contributed by atoms with Crippen LogP contribution in [0.3, 0.4) is 0 Å². The van der Waals surface area contributed by atoms with E-state index in [0.29, 0.717) is 23.9 Å². The van der Waals surface area contributed by atoms with Crippen LogP contribution in [-0.4, -0.2) is 35.0 Å². The number of aliphatic carboxylic acids is 1. The molecule has 0 saturated carbocycles. The molecule has 1 aliphatic heterocycles. The number of carbonyl (C=O) groups is 2. The van der Waals surface area contributed by atoms with Gasteiger partial charge in [-0.05, 0) is 31.0 Å². The molecule has 1 N–H and O–H groups in total. The number of carboxylic acids is 1. The highest BCUT2D eigenvalue weighted by Crippen LogP contribution is 2.35. The zero-order chi connectivity index (χ0) is 14.9. The second-order valence-corrected chi connectivity index (χ2v) is 5.96. The van der Waals surface area contributed by atoms with Gasteiger partial charge in [0, 0.05) is 17.6 Å². The van der Waals surface area contributed by atoms with E-state index in [1.165, 1.54) is 23.1 Å². The third kappa shape index (κ3) is 2.57. The molecule has 1 aromatic rings. The quantitative estimate of drug-likeness (QED) is 0.917. The highest BCUT2D eigenvalue weighted by atomic mass is 79.9. The molecule has 4 nitrogen and oxygen atoms in total. The Morgan fingerprint density at radius 2 is 2.20 bits per heavy atom. The number of likely N-dealkylation sites (tertiary alicyclic amines) is 1. The first-order chi connectivity index (χ1) is 9.39. The molecule has 0 bridgehead atoms. The maximum absolute atomic E-state index is 13.7. The molecular weight excluding hydrogens is 329 g/mol. The molecule has 1 aromatic carbocycles. The number of carbonyl (C=O) groups excluding carboxylic acids is 1. The van der Waals surface area contributed by atoms with Crippen LogP contribution in [0.1, 0.15) is 30.1 Å². The van der Waals surface area contributed by atoms with Gasteiger partial charge in [-0.25, -0.2) is 4.39 Å². The number of hydrogen-bond acceptors (Lipinski definition) is 2. The average molecular weight is 344 g/mol. The molecule has 1 saturated heterocycles. The molecule has 0 spiro atoms. The summed E-state index contributed by atoms with van der Waals surface area (Å²) in [6, 6.07) is 4.16. The highest BCUT2D eigenvalue weighted by molar-refractivity contribution is 9.10. The lowest BCUT2D eigenvalue weighted by Gasteiger charge is -2.23. The van der Waals surface area contributed by atoms with E-state index in [4.69, 9.17) is 0 Å². The van der Waals surface area contributed by atoms with Crippen LogP contribution in [0.15, 0.2) is 22.7 Å². The lowest BCUT2D eigenvalue weighted by Crippen LogP contribution is -2.36. The first-order valence-electron chi connectivity index (χ1n) is 6.37. The highest BCUT2D eigenvalue weighted by Gasteiger charge is 2.45. The summed E-state index contributed by atoms with van der Waals surface area (Å²) in [4.78, 5) is 25.1. The van der Waals surface area contributed by atoms with Gasteiger partial charge in [0.25, 0.3) is 5.91 Å². The summed E-state index contributed by atoms with van der Waals surface area (Å²) in [6.07, 6.45) is 0.854. The molecule has 6 heteroatoms. The molecule has 0 aliphatic carbocycles. The monoisotopic (exact) mass is 343 g/mol. The molecule has 1 aliphatic rings. The first kappa shape index (κ1) is 15.0. The Hall–Kier alpha value is -1.43. The Bertz CT molecular complexity index is 563. The molecule has 0 radical (unpaired) electrons. The molecular formula is C14H15BrFNO3. The molecule has 108 valence electrons. The molecule has 1 atom stereocenters. The van der Waals surface area contributed by atoms with Gasteiger partial charge in [0.1, 0.15) is 5.82 Å². The van der Waals surface area contributed by atoms with Gasteiger partial charge in [0.2, 0.25) is 0 Å². The number of rotatable bonds is 3. The van der Waals surface area contributed by atoms with Crippen molar-refractivity contribution in [1.82, 2.24) is 4.90 Å². The van der Waals surface area contributed by atoms with Gasteiger partial charge in [-0.3, -0.25) is 9.59 Å². The minimum Gasteiger partial charge on any atom is -0.481 e. The largest absolute Gasteiger partial charge is 0.481 e. The summed E-state index contributed by atoms with van der Waals surface area (Å²) in [7, 11) is 0. The number of hydrogen-bond donors (Lipinski definition) is 1. The van der Waals surface area contributed by atoms with Crippen LogP contribution in [0.25, 0.3) is 0 Å². The van der Waals surface area contributed by atoms with Crippen LogP contribution < -0.4 is 0 Å². The summed E-state index contributed by atoms with van der Waals surface area (Å²) >= 11 is 3.20. The van der Waals surface area contributed by atoms with E-state index in [1.54, 1.807) is 6.92 Å². The van der Waals surface area contributed by atoms with Gasteiger partial charge in [-0.2, -0.15) is 0 Å². The predicted molar refractivity (Wildman–Crippen MR) is 75.0 cm³/mol. The smallest absolute Gasteiger partial charge is 0.311 e. The number of nitrogens with zero attached hydrogens (tertiary/aromatic N) is 1. The van der Waals surface area contributed by atoms with Crippen molar-refractivity contribution >= 4 is 27.8 Å². The number of benzene rings is 1. The zero-order valence-corrected chi connectivity index (χ0v) is 12.6. The van der Waals surface area contributed by atoms with Crippen molar-refractivity contribution in [3.05, 3.63) is 34.1 Å². The van der Waals surface area contributed by atoms with Crippen molar-refractivity contribution < 1.29 is 19.1 Å². The Morgan fingerprint density at radius 1 is 1.50 bits per heavy atom. The van der Waals surface area contributed by atoms with E-state index >= 15 is 0 Å². The minimum atomic E-state index is -0.905. The topological polar surface area (TPSA) is 57.6 Å². The van der Waals surface area contributed by atoms with Gasteiger partial charge in [-0.1, -0.05) is 22.9 Å². The molecule has 1 amide bonds. The molecule has 20 heavy (non-hydrogen) atoms. The van der Waals surface area contributed by atoms with Gasteiger partial charge in [0.15, 0.2) is 0 Å². The summed E-state index contributed by atoms with van der Waals surface area (Å²) < 4.78 is 14.3. The molecule has 1 unspecified atom stereocenters. The van der Waals surface area contributed by atoms with E-state index in [9.17, 15) is 19.1 Å². The second kappa shape index (κ2) is 5.52. The Morgan fingerprint density at radius 3 is 2.75 bits per heavy atom. The van der Waals surface area contributed by atoms with Gasteiger partial charge >= 0.3 is 5.97 Å². The lowest BCUT2D eigenvalue weighted by atomic mass is 9.84. The van der Waals surface area contributed by atoms with Crippen molar-refractivity contribution in [3.63, 3.8) is 0 Å². The van der Waals surface area contributed by atoms with Crippen LogP contribution in [-0.2, 0) is 4.79 Å². The van der Waals surface area contributed by atoms with Crippen molar-refractivity contribution in [2.75, 3.05) is 13.1 Å². The lowest BCUT2D eigenvalue weighted by molar-refractivity contribution is -0.148. The fourth-order valence-corrected chi connectivity index (χ4v) is 2.85. The third-order valence-corrected chi connectivity index (χ3v) is 4.42. The predicted octanol–water partition coefficient (Wildman–Crippen LogP) is 2.92. The van der Waals surface area contributed by atoms with Crippen LogP contribution in [0.5, 0.6) is 0 Å². The van der Waals surface area contributed by atoms with E-state index in [2.05, 4.69) is 15.9 Å². The summed E-state index contributed by atoms with van der Waals surface area (Å²) in [5.74, 6) is -1.95. The summed E-state index contributed by atoms with van der Waals surface area (Å²) in [5.41, 5.74) is -0.935. The summed E-state index contributed by atoms with van der Waals surface area (Å²) in [6.45, 7) is 2.26. The Kier molecular flexibility index (Phi) is 4.13. The van der Waals surface area contributed by atoms with Crippen LogP contribution in [0, 0.1) is 11.2 Å². The van der Waals surface area contributed by atoms with Crippen molar-refractivity contribution in [1.29, 1.82) is 0 Å². The third-order valence-electron chi connectivity index (χ3n) is 3.93. The Balaban J connectivity index is 2.24. The van der Waals surface area contributed by atoms with Crippen LogP contribution in [0.2, 0.25) is 0 Å². The van der Waals surface area contributed by atoms with E-state index in [1.807, 2.05) is 0 Å². The number of amides is 1. The molecule has 1 fully saturated rings. The maximum Gasteiger partial charge on any atom is 0.311 e. The zero-order valence-electron chi connectivity index (χ0n) is 11.0. The van der Waals surface area contributed by atoms with Gasteiger partial charge < -0.3 is 10.0 Å². The number of carboxylic acid groups (broad SMARTS) is 1. The van der Waals surface area contributed by atoms with Gasteiger partial charge in [0.05, 0.1) is 11.0 Å². The molecule has 1 heterocycles. The summed E-state index contributed by atoms with van der Waals surface area (Å²) in [5, 5.41) is 9.31. The maximum atomic E-state index is 13.7.